The summed E-state index contributed by atoms with van der Waals surface area (Å²) in [6, 6.07) is 6.44. The molecule has 0 aliphatic carbocycles. The number of benzene rings is 1. The molecular weight excluding hydrogens is 330 g/mol. The van der Waals surface area contributed by atoms with Crippen LogP contribution in [0.5, 0.6) is 0 Å². The Bertz CT molecular complexity index is 710. The Kier molecular flexibility index (Phi) is 3.94. The van der Waals surface area contributed by atoms with Crippen molar-refractivity contribution < 1.29 is 14.3 Å². The maximum atomic E-state index is 12.9. The highest BCUT2D eigenvalue weighted by Gasteiger charge is 2.41. The van der Waals surface area contributed by atoms with E-state index in [1.807, 2.05) is 12.1 Å². The molecule has 0 aromatic heterocycles. The third-order valence-electron chi connectivity index (χ3n) is 4.67. The second-order valence-corrected chi connectivity index (χ2v) is 6.73. The molecular formula is C17H18ClN3O3. The molecule has 2 N–H and O–H groups in total. The molecule has 6 nitrogen and oxygen atoms in total. The molecule has 1 aromatic rings. The van der Waals surface area contributed by atoms with Crippen molar-refractivity contribution in [2.75, 3.05) is 19.7 Å². The van der Waals surface area contributed by atoms with Gasteiger partial charge in [0.15, 0.2) is 0 Å². The first-order chi connectivity index (χ1) is 11.6. The molecule has 2 atom stereocenters. The van der Waals surface area contributed by atoms with Crippen molar-refractivity contribution in [3.63, 3.8) is 0 Å². The Morgan fingerprint density at radius 2 is 2.04 bits per heavy atom. The van der Waals surface area contributed by atoms with E-state index in [1.54, 1.807) is 17.0 Å². The first-order valence-corrected chi connectivity index (χ1v) is 8.46. The third kappa shape index (κ3) is 2.76. The van der Waals surface area contributed by atoms with Gasteiger partial charge in [0.2, 0.25) is 0 Å². The normalized spacial score (nSPS) is 26.5. The Balaban J connectivity index is 1.60. The molecule has 0 spiro atoms. The Morgan fingerprint density at radius 3 is 2.75 bits per heavy atom. The molecule has 1 aromatic carbocycles. The molecule has 24 heavy (non-hydrogen) atoms. The smallest absolute Gasteiger partial charge is 0.319 e. The summed E-state index contributed by atoms with van der Waals surface area (Å²) >= 11 is 5.94. The SMILES string of the molecule is O=C1NC2=C(C(=O)N(C[C@@H]3CCCO3)C2)[C@H](c2ccc(Cl)cc2)N1. The Morgan fingerprint density at radius 1 is 1.25 bits per heavy atom. The number of urea groups is 1. The lowest BCUT2D eigenvalue weighted by Crippen LogP contribution is -2.44. The zero-order chi connectivity index (χ0) is 16.7. The van der Waals surface area contributed by atoms with Crippen LogP contribution in [0.2, 0.25) is 5.02 Å². The number of hydrogen-bond donors (Lipinski definition) is 2. The number of ether oxygens (including phenoxy) is 1. The Labute approximate surface area is 144 Å². The number of carbonyl (C=O) groups excluding carboxylic acids is 2. The van der Waals surface area contributed by atoms with E-state index in [4.69, 9.17) is 16.3 Å². The van der Waals surface area contributed by atoms with Gasteiger partial charge >= 0.3 is 6.03 Å². The quantitative estimate of drug-likeness (QED) is 0.878. The van der Waals surface area contributed by atoms with Crippen LogP contribution >= 0.6 is 11.6 Å². The van der Waals surface area contributed by atoms with Gasteiger partial charge in [0.1, 0.15) is 0 Å². The fraction of sp³-hybridized carbons (Fsp3) is 0.412. The largest absolute Gasteiger partial charge is 0.376 e. The number of halogens is 1. The molecule has 126 valence electrons. The fourth-order valence-electron chi connectivity index (χ4n) is 3.52. The van der Waals surface area contributed by atoms with Crippen LogP contribution in [0, 0.1) is 0 Å². The molecule has 1 saturated heterocycles. The van der Waals surface area contributed by atoms with Crippen LogP contribution < -0.4 is 10.6 Å². The molecule has 3 amide bonds. The summed E-state index contributed by atoms with van der Waals surface area (Å²) in [7, 11) is 0. The van der Waals surface area contributed by atoms with Gasteiger partial charge in [0.25, 0.3) is 5.91 Å². The monoisotopic (exact) mass is 347 g/mol. The molecule has 4 rings (SSSR count). The van der Waals surface area contributed by atoms with Crippen molar-refractivity contribution in [1.82, 2.24) is 15.5 Å². The third-order valence-corrected chi connectivity index (χ3v) is 4.92. The first-order valence-electron chi connectivity index (χ1n) is 8.09. The van der Waals surface area contributed by atoms with E-state index in [0.717, 1.165) is 25.0 Å². The van der Waals surface area contributed by atoms with Crippen molar-refractivity contribution >= 4 is 23.5 Å². The van der Waals surface area contributed by atoms with Crippen molar-refractivity contribution in [1.29, 1.82) is 0 Å². The summed E-state index contributed by atoms with van der Waals surface area (Å²) in [6.07, 6.45) is 2.10. The van der Waals surface area contributed by atoms with Gasteiger partial charge in [-0.1, -0.05) is 23.7 Å². The first kappa shape index (κ1) is 15.5. The number of nitrogens with zero attached hydrogens (tertiary/aromatic N) is 1. The number of carbonyl (C=O) groups is 2. The average Bonchev–Trinajstić information content (AvgIpc) is 3.17. The maximum absolute atomic E-state index is 12.9. The molecule has 1 fully saturated rings. The van der Waals surface area contributed by atoms with Gasteiger partial charge in [-0.25, -0.2) is 4.79 Å². The maximum Gasteiger partial charge on any atom is 0.319 e. The fourth-order valence-corrected chi connectivity index (χ4v) is 3.64. The van der Waals surface area contributed by atoms with Crippen LogP contribution in [0.25, 0.3) is 0 Å². The van der Waals surface area contributed by atoms with E-state index in [0.29, 0.717) is 29.4 Å². The zero-order valence-corrected chi connectivity index (χ0v) is 13.8. The lowest BCUT2D eigenvalue weighted by Gasteiger charge is -2.25. The molecule has 7 heteroatoms. The van der Waals surface area contributed by atoms with Gasteiger partial charge < -0.3 is 20.3 Å². The van der Waals surface area contributed by atoms with E-state index in [-0.39, 0.29) is 18.0 Å². The second kappa shape index (κ2) is 6.11. The van der Waals surface area contributed by atoms with Crippen LogP contribution in [0.3, 0.4) is 0 Å². The van der Waals surface area contributed by atoms with Crippen LogP contribution in [0.15, 0.2) is 35.5 Å². The van der Waals surface area contributed by atoms with E-state index < -0.39 is 6.04 Å². The minimum Gasteiger partial charge on any atom is -0.376 e. The number of amides is 3. The van der Waals surface area contributed by atoms with Gasteiger partial charge in [-0.2, -0.15) is 0 Å². The van der Waals surface area contributed by atoms with E-state index in [2.05, 4.69) is 10.6 Å². The summed E-state index contributed by atoms with van der Waals surface area (Å²) in [4.78, 5) is 26.6. The van der Waals surface area contributed by atoms with Crippen molar-refractivity contribution in [3.05, 3.63) is 46.1 Å². The van der Waals surface area contributed by atoms with Gasteiger partial charge in [-0.15, -0.1) is 0 Å². The van der Waals surface area contributed by atoms with Crippen LogP contribution in [-0.4, -0.2) is 42.6 Å². The lowest BCUT2D eigenvalue weighted by molar-refractivity contribution is -0.127. The molecule has 0 unspecified atom stereocenters. The highest BCUT2D eigenvalue weighted by molar-refractivity contribution is 6.30. The second-order valence-electron chi connectivity index (χ2n) is 6.30. The van der Waals surface area contributed by atoms with E-state index in [9.17, 15) is 9.59 Å². The molecule has 0 saturated carbocycles. The average molecular weight is 348 g/mol. The number of hydrogen-bond acceptors (Lipinski definition) is 3. The summed E-state index contributed by atoms with van der Waals surface area (Å²) in [5.74, 6) is -0.0482. The molecule has 3 heterocycles. The van der Waals surface area contributed by atoms with Crippen molar-refractivity contribution in [2.45, 2.75) is 25.0 Å². The van der Waals surface area contributed by atoms with E-state index >= 15 is 0 Å². The minimum atomic E-state index is -0.451. The zero-order valence-electron chi connectivity index (χ0n) is 13.0. The number of nitrogens with one attached hydrogen (secondary N) is 2. The molecule has 0 bridgehead atoms. The van der Waals surface area contributed by atoms with Crippen LogP contribution in [0.4, 0.5) is 4.79 Å². The van der Waals surface area contributed by atoms with Crippen molar-refractivity contribution in [2.24, 2.45) is 0 Å². The standard InChI is InChI=1S/C17H18ClN3O3/c18-11-5-3-10(4-6-11)15-14-13(19-17(23)20-15)9-21(16(14)22)8-12-2-1-7-24-12/h3-6,12,15H,1-2,7-9H2,(H2,19,20,23)/t12-,15-/m0/s1. The molecule has 3 aliphatic heterocycles. The molecule has 0 radical (unpaired) electrons. The minimum absolute atomic E-state index is 0.0482. The van der Waals surface area contributed by atoms with E-state index in [1.165, 1.54) is 0 Å². The highest BCUT2D eigenvalue weighted by atomic mass is 35.5. The highest BCUT2D eigenvalue weighted by Crippen LogP contribution is 2.33. The number of rotatable bonds is 3. The summed E-state index contributed by atoms with van der Waals surface area (Å²) in [5.41, 5.74) is 2.13. The predicted molar refractivity (Wildman–Crippen MR) is 88.4 cm³/mol. The summed E-state index contributed by atoms with van der Waals surface area (Å²) < 4.78 is 5.63. The lowest BCUT2D eigenvalue weighted by atomic mass is 9.96. The van der Waals surface area contributed by atoms with Crippen LogP contribution in [0.1, 0.15) is 24.4 Å². The summed E-state index contributed by atoms with van der Waals surface area (Å²) in [5, 5.41) is 6.23. The van der Waals surface area contributed by atoms with Gasteiger partial charge in [0, 0.05) is 18.2 Å². The van der Waals surface area contributed by atoms with Crippen molar-refractivity contribution in [3.8, 4) is 0 Å². The summed E-state index contributed by atoms with van der Waals surface area (Å²) in [6.45, 7) is 1.74. The van der Waals surface area contributed by atoms with Gasteiger partial charge in [0.05, 0.1) is 30.0 Å². The predicted octanol–water partition coefficient (Wildman–Crippen LogP) is 1.97. The topological polar surface area (TPSA) is 70.7 Å². The van der Waals surface area contributed by atoms with Gasteiger partial charge in [-0.3, -0.25) is 4.79 Å². The Hall–Kier alpha value is -2.05. The van der Waals surface area contributed by atoms with Crippen LogP contribution in [-0.2, 0) is 9.53 Å². The molecule has 3 aliphatic rings. The van der Waals surface area contributed by atoms with Gasteiger partial charge in [-0.05, 0) is 30.5 Å².